The first kappa shape index (κ1) is 23.6. The molecule has 1 N–H and O–H groups in total. The van der Waals surface area contributed by atoms with Gasteiger partial charge in [0.05, 0.1) is 18.8 Å². The topological polar surface area (TPSA) is 76.1 Å². The molecule has 4 rings (SSSR count). The molecule has 1 saturated heterocycles. The molecule has 1 amide bonds. The molecule has 1 atom stereocenters. The van der Waals surface area contributed by atoms with Gasteiger partial charge < -0.3 is 14.6 Å². The van der Waals surface area contributed by atoms with Crippen molar-refractivity contribution >= 4 is 34.5 Å². The minimum absolute atomic E-state index is 0.00754. The minimum atomic E-state index is -0.751. The fourth-order valence-corrected chi connectivity index (χ4v) is 5.13. The Morgan fingerprint density at radius 3 is 2.44 bits per heavy atom. The van der Waals surface area contributed by atoms with Gasteiger partial charge in [-0.1, -0.05) is 6.07 Å². The Labute approximate surface area is 203 Å². The van der Waals surface area contributed by atoms with Gasteiger partial charge in [-0.2, -0.15) is 0 Å². The lowest BCUT2D eigenvalue weighted by molar-refractivity contribution is -0.132. The van der Waals surface area contributed by atoms with E-state index in [1.54, 1.807) is 49.6 Å². The van der Waals surface area contributed by atoms with Crippen molar-refractivity contribution in [2.75, 3.05) is 12.0 Å². The van der Waals surface area contributed by atoms with Gasteiger partial charge >= 0.3 is 0 Å². The number of aliphatic hydroxyl groups excluding tert-OH is 1. The second-order valence-electron chi connectivity index (χ2n) is 8.49. The number of carbonyl (C=O) groups is 2. The number of aryl methyl sites for hydroxylation is 2. The van der Waals surface area contributed by atoms with Gasteiger partial charge in [-0.15, -0.1) is 11.3 Å². The van der Waals surface area contributed by atoms with E-state index in [0.717, 1.165) is 16.0 Å². The molecule has 6 nitrogen and oxygen atoms in total. The zero-order chi connectivity index (χ0) is 24.6. The summed E-state index contributed by atoms with van der Waals surface area (Å²) < 4.78 is 11.1. The summed E-state index contributed by atoms with van der Waals surface area (Å²) in [5.41, 5.74) is 2.80. The van der Waals surface area contributed by atoms with Crippen LogP contribution in [0.1, 0.15) is 41.5 Å². The summed E-state index contributed by atoms with van der Waals surface area (Å²) in [6.07, 6.45) is 0.00754. The molecule has 0 aliphatic carbocycles. The predicted octanol–water partition coefficient (Wildman–Crippen LogP) is 5.79. The van der Waals surface area contributed by atoms with Crippen molar-refractivity contribution in [2.24, 2.45) is 0 Å². The number of thiophene rings is 1. The van der Waals surface area contributed by atoms with Crippen LogP contribution >= 0.6 is 11.3 Å². The molecule has 176 valence electrons. The van der Waals surface area contributed by atoms with Gasteiger partial charge in [0, 0.05) is 22.2 Å². The molecule has 34 heavy (non-hydrogen) atoms. The second kappa shape index (κ2) is 9.35. The summed E-state index contributed by atoms with van der Waals surface area (Å²) in [7, 11) is 1.54. The summed E-state index contributed by atoms with van der Waals surface area (Å²) >= 11 is 1.45. The van der Waals surface area contributed by atoms with Crippen LogP contribution in [0.4, 0.5) is 5.69 Å². The summed E-state index contributed by atoms with van der Waals surface area (Å²) in [4.78, 5) is 28.9. The van der Waals surface area contributed by atoms with Crippen LogP contribution in [0, 0.1) is 13.8 Å². The van der Waals surface area contributed by atoms with Crippen LogP contribution in [0.2, 0.25) is 0 Å². The highest BCUT2D eigenvalue weighted by Crippen LogP contribution is 2.45. The Morgan fingerprint density at radius 1 is 1.06 bits per heavy atom. The molecule has 0 spiro atoms. The minimum Gasteiger partial charge on any atom is -0.507 e. The fraction of sp³-hybridized carbons (Fsp3) is 0.259. The smallest absolute Gasteiger partial charge is 0.300 e. The van der Waals surface area contributed by atoms with E-state index in [-0.39, 0.29) is 17.4 Å². The molecule has 1 unspecified atom stereocenters. The highest BCUT2D eigenvalue weighted by atomic mass is 32.1. The number of ketones is 1. The van der Waals surface area contributed by atoms with Gasteiger partial charge in [0.2, 0.25) is 0 Å². The first-order chi connectivity index (χ1) is 16.2. The van der Waals surface area contributed by atoms with Crippen molar-refractivity contribution < 1.29 is 24.2 Å². The van der Waals surface area contributed by atoms with Crippen LogP contribution in [0.15, 0.2) is 59.5 Å². The maximum atomic E-state index is 13.3. The Hall–Kier alpha value is -3.58. The lowest BCUT2D eigenvalue weighted by Gasteiger charge is -2.25. The molecular weight excluding hydrogens is 450 g/mol. The molecule has 3 aromatic rings. The van der Waals surface area contributed by atoms with Crippen molar-refractivity contribution in [1.29, 1.82) is 0 Å². The first-order valence-electron chi connectivity index (χ1n) is 11.0. The third kappa shape index (κ3) is 4.19. The number of ether oxygens (including phenoxy) is 2. The molecule has 7 heteroatoms. The van der Waals surface area contributed by atoms with Crippen molar-refractivity contribution in [3.63, 3.8) is 0 Å². The molecule has 1 aliphatic rings. The van der Waals surface area contributed by atoms with Crippen LogP contribution in [0.3, 0.4) is 0 Å². The van der Waals surface area contributed by atoms with Gasteiger partial charge in [0.1, 0.15) is 23.3 Å². The van der Waals surface area contributed by atoms with E-state index in [1.807, 2.05) is 39.1 Å². The molecular formula is C27H27NO5S. The van der Waals surface area contributed by atoms with Gasteiger partial charge in [0.25, 0.3) is 11.7 Å². The molecule has 1 aliphatic heterocycles. The Morgan fingerprint density at radius 2 is 1.82 bits per heavy atom. The number of Topliss-reactive ketones (excluding diaryl/α,β-unsaturated/α-hetero) is 1. The van der Waals surface area contributed by atoms with Crippen LogP contribution in [0.5, 0.6) is 11.5 Å². The van der Waals surface area contributed by atoms with Crippen LogP contribution in [-0.4, -0.2) is 30.0 Å². The van der Waals surface area contributed by atoms with E-state index in [9.17, 15) is 14.7 Å². The van der Waals surface area contributed by atoms with E-state index in [4.69, 9.17) is 9.47 Å². The molecule has 1 aromatic heterocycles. The fourth-order valence-electron chi connectivity index (χ4n) is 4.11. The number of benzene rings is 2. The summed E-state index contributed by atoms with van der Waals surface area (Å²) in [6, 6.07) is 13.4. The van der Waals surface area contributed by atoms with Gasteiger partial charge in [-0.3, -0.25) is 14.5 Å². The number of hydrogen-bond acceptors (Lipinski definition) is 6. The molecule has 2 heterocycles. The maximum absolute atomic E-state index is 13.3. The first-order valence-corrected chi connectivity index (χ1v) is 11.9. The Bertz CT molecular complexity index is 1290. The van der Waals surface area contributed by atoms with E-state index in [1.165, 1.54) is 16.2 Å². The number of anilines is 1. The van der Waals surface area contributed by atoms with Crippen molar-refractivity contribution in [2.45, 2.75) is 39.8 Å². The van der Waals surface area contributed by atoms with E-state index in [2.05, 4.69) is 0 Å². The zero-order valence-corrected chi connectivity index (χ0v) is 20.6. The van der Waals surface area contributed by atoms with Crippen molar-refractivity contribution in [3.05, 3.63) is 81.1 Å². The average Bonchev–Trinajstić information content (AvgIpc) is 3.34. The Balaban J connectivity index is 1.89. The predicted molar refractivity (Wildman–Crippen MR) is 134 cm³/mol. The number of rotatable bonds is 6. The lowest BCUT2D eigenvalue weighted by Crippen LogP contribution is -2.29. The van der Waals surface area contributed by atoms with E-state index < -0.39 is 17.7 Å². The molecule has 0 saturated carbocycles. The number of methoxy groups -OCH3 is 1. The summed E-state index contributed by atoms with van der Waals surface area (Å²) in [5, 5.41) is 13.3. The summed E-state index contributed by atoms with van der Waals surface area (Å²) in [5.74, 6) is -0.352. The average molecular weight is 478 g/mol. The van der Waals surface area contributed by atoms with Gasteiger partial charge in [0.15, 0.2) is 0 Å². The second-order valence-corrected chi connectivity index (χ2v) is 9.43. The SMILES string of the molecule is COc1cccc(N2C(=O)C(=O)/C(=C(\O)c3ccc(OC(C)C)c(C)c3)C2c2sccc2C)c1. The standard InChI is InChI=1S/C27H27NO5S/c1-15(2)33-21-10-9-18(13-17(21)4)24(29)22-23(26-16(3)11-12-34-26)28(27(31)25(22)30)19-7-6-8-20(14-19)32-5/h6-15,23,29H,1-5H3/b24-22-. The molecule has 1 fully saturated rings. The number of hydrogen-bond donors (Lipinski definition) is 1. The van der Waals surface area contributed by atoms with Crippen molar-refractivity contribution in [1.82, 2.24) is 0 Å². The van der Waals surface area contributed by atoms with Crippen molar-refractivity contribution in [3.8, 4) is 11.5 Å². The molecule has 2 aromatic carbocycles. The Kier molecular flexibility index (Phi) is 6.48. The normalized spacial score (nSPS) is 17.5. The maximum Gasteiger partial charge on any atom is 0.300 e. The van der Waals surface area contributed by atoms with E-state index in [0.29, 0.717) is 22.7 Å². The third-order valence-electron chi connectivity index (χ3n) is 5.74. The highest BCUT2D eigenvalue weighted by Gasteiger charge is 2.48. The van der Waals surface area contributed by atoms with Gasteiger partial charge in [-0.25, -0.2) is 0 Å². The molecule has 0 bridgehead atoms. The zero-order valence-electron chi connectivity index (χ0n) is 19.8. The summed E-state index contributed by atoms with van der Waals surface area (Å²) in [6.45, 7) is 7.69. The quantitative estimate of drug-likeness (QED) is 0.276. The van der Waals surface area contributed by atoms with Gasteiger partial charge in [-0.05, 0) is 80.6 Å². The van der Waals surface area contributed by atoms with Crippen LogP contribution < -0.4 is 14.4 Å². The largest absolute Gasteiger partial charge is 0.507 e. The lowest BCUT2D eigenvalue weighted by atomic mass is 9.97. The number of nitrogens with zero attached hydrogens (tertiary/aromatic N) is 1. The number of amides is 1. The van der Waals surface area contributed by atoms with E-state index >= 15 is 0 Å². The van der Waals surface area contributed by atoms with Crippen LogP contribution in [0.25, 0.3) is 5.76 Å². The molecule has 0 radical (unpaired) electrons. The monoisotopic (exact) mass is 477 g/mol. The number of aliphatic hydroxyl groups is 1. The third-order valence-corrected chi connectivity index (χ3v) is 6.81. The number of carbonyl (C=O) groups excluding carboxylic acids is 2. The highest BCUT2D eigenvalue weighted by molar-refractivity contribution is 7.10. The van der Waals surface area contributed by atoms with Crippen LogP contribution in [-0.2, 0) is 9.59 Å².